The molecular formula is C22H28N2O. The Morgan fingerprint density at radius 3 is 2.28 bits per heavy atom. The highest BCUT2D eigenvalue weighted by Gasteiger charge is 2.39. The Bertz CT molecular complexity index is 698. The van der Waals surface area contributed by atoms with Crippen LogP contribution in [0.3, 0.4) is 0 Å². The predicted molar refractivity (Wildman–Crippen MR) is 104 cm³/mol. The number of nitrogens with one attached hydrogen (secondary N) is 2. The standard InChI is InChI=1S/C22H28N2O/c1-3-24-21(25)22(13-4-14-23-16-22)15-18-7-11-20(12-8-18)19-9-5-17(2)6-10-19/h5-12,23H,3-4,13-16H2,1-2H3,(H,24,25)/t22-/m0/s1. The maximum Gasteiger partial charge on any atom is 0.227 e. The molecule has 0 unspecified atom stereocenters. The number of benzene rings is 2. The van der Waals surface area contributed by atoms with Crippen LogP contribution in [0, 0.1) is 12.3 Å². The van der Waals surface area contributed by atoms with Crippen molar-refractivity contribution in [2.75, 3.05) is 19.6 Å². The number of rotatable bonds is 5. The predicted octanol–water partition coefficient (Wildman–Crippen LogP) is 3.71. The molecule has 0 saturated carbocycles. The van der Waals surface area contributed by atoms with Crippen LogP contribution in [0.4, 0.5) is 0 Å². The van der Waals surface area contributed by atoms with Crippen molar-refractivity contribution in [3.8, 4) is 11.1 Å². The lowest BCUT2D eigenvalue weighted by atomic mass is 9.74. The quantitative estimate of drug-likeness (QED) is 0.874. The fraction of sp³-hybridized carbons (Fsp3) is 0.409. The lowest BCUT2D eigenvalue weighted by molar-refractivity contribution is -0.132. The number of piperidine rings is 1. The summed E-state index contributed by atoms with van der Waals surface area (Å²) in [6.07, 6.45) is 2.80. The van der Waals surface area contributed by atoms with Gasteiger partial charge in [0.05, 0.1) is 5.41 Å². The highest BCUT2D eigenvalue weighted by atomic mass is 16.2. The number of amides is 1. The summed E-state index contributed by atoms with van der Waals surface area (Å²) in [7, 11) is 0. The first-order valence-corrected chi connectivity index (χ1v) is 9.28. The Labute approximate surface area is 150 Å². The minimum Gasteiger partial charge on any atom is -0.356 e. The van der Waals surface area contributed by atoms with E-state index in [0.717, 1.165) is 32.4 Å². The molecule has 2 N–H and O–H groups in total. The largest absolute Gasteiger partial charge is 0.356 e. The van der Waals surface area contributed by atoms with Gasteiger partial charge in [-0.05, 0) is 56.3 Å². The highest BCUT2D eigenvalue weighted by Crippen LogP contribution is 2.32. The minimum absolute atomic E-state index is 0.185. The molecule has 1 heterocycles. The summed E-state index contributed by atoms with van der Waals surface area (Å²) in [4.78, 5) is 12.7. The number of carbonyl (C=O) groups is 1. The molecule has 1 aliphatic rings. The minimum atomic E-state index is -0.320. The summed E-state index contributed by atoms with van der Waals surface area (Å²) >= 11 is 0. The molecule has 2 aromatic carbocycles. The Kier molecular flexibility index (Phi) is 5.54. The third-order valence-corrected chi connectivity index (χ3v) is 5.17. The second kappa shape index (κ2) is 7.83. The van der Waals surface area contributed by atoms with Gasteiger partial charge in [0.1, 0.15) is 0 Å². The number of carbonyl (C=O) groups excluding carboxylic acids is 1. The monoisotopic (exact) mass is 336 g/mol. The van der Waals surface area contributed by atoms with Crippen molar-refractivity contribution in [3.63, 3.8) is 0 Å². The van der Waals surface area contributed by atoms with Gasteiger partial charge in [-0.2, -0.15) is 0 Å². The van der Waals surface area contributed by atoms with Gasteiger partial charge in [-0.25, -0.2) is 0 Å². The lowest BCUT2D eigenvalue weighted by Gasteiger charge is -2.36. The van der Waals surface area contributed by atoms with E-state index in [9.17, 15) is 4.79 Å². The number of hydrogen-bond acceptors (Lipinski definition) is 2. The Balaban J connectivity index is 1.78. The summed E-state index contributed by atoms with van der Waals surface area (Å²) in [5.41, 5.74) is 4.63. The third kappa shape index (κ3) is 4.10. The fourth-order valence-electron chi connectivity index (χ4n) is 3.69. The molecule has 0 bridgehead atoms. The van der Waals surface area contributed by atoms with Crippen LogP contribution in [0.1, 0.15) is 30.9 Å². The first-order chi connectivity index (χ1) is 12.1. The van der Waals surface area contributed by atoms with Gasteiger partial charge in [0, 0.05) is 13.1 Å². The molecule has 0 radical (unpaired) electrons. The van der Waals surface area contributed by atoms with Crippen molar-refractivity contribution in [1.29, 1.82) is 0 Å². The van der Waals surface area contributed by atoms with E-state index in [-0.39, 0.29) is 11.3 Å². The van der Waals surface area contributed by atoms with E-state index in [1.165, 1.54) is 22.3 Å². The molecule has 1 fully saturated rings. The van der Waals surface area contributed by atoms with Crippen molar-refractivity contribution < 1.29 is 4.79 Å². The molecule has 1 amide bonds. The van der Waals surface area contributed by atoms with Crippen molar-refractivity contribution in [3.05, 3.63) is 59.7 Å². The maximum absolute atomic E-state index is 12.7. The van der Waals surface area contributed by atoms with E-state index in [0.29, 0.717) is 6.54 Å². The molecule has 1 aliphatic heterocycles. The van der Waals surface area contributed by atoms with Gasteiger partial charge in [-0.3, -0.25) is 4.79 Å². The second-order valence-corrected chi connectivity index (χ2v) is 7.16. The van der Waals surface area contributed by atoms with Gasteiger partial charge in [-0.1, -0.05) is 54.1 Å². The van der Waals surface area contributed by atoms with E-state index < -0.39 is 0 Å². The summed E-state index contributed by atoms with van der Waals surface area (Å²) in [6, 6.07) is 17.3. The van der Waals surface area contributed by atoms with Gasteiger partial charge in [0.25, 0.3) is 0 Å². The molecule has 132 valence electrons. The van der Waals surface area contributed by atoms with Gasteiger partial charge in [-0.15, -0.1) is 0 Å². The topological polar surface area (TPSA) is 41.1 Å². The normalized spacial score (nSPS) is 20.2. The average Bonchev–Trinajstić information content (AvgIpc) is 2.64. The summed E-state index contributed by atoms with van der Waals surface area (Å²) in [5.74, 6) is 0.185. The van der Waals surface area contributed by atoms with Gasteiger partial charge in [0.15, 0.2) is 0 Å². The smallest absolute Gasteiger partial charge is 0.227 e. The lowest BCUT2D eigenvalue weighted by Crippen LogP contribution is -2.51. The van der Waals surface area contributed by atoms with Crippen LogP contribution in [0.15, 0.2) is 48.5 Å². The zero-order chi connectivity index (χ0) is 17.7. The van der Waals surface area contributed by atoms with E-state index in [2.05, 4.69) is 66.1 Å². The van der Waals surface area contributed by atoms with Crippen molar-refractivity contribution in [2.24, 2.45) is 5.41 Å². The second-order valence-electron chi connectivity index (χ2n) is 7.16. The average molecular weight is 336 g/mol. The van der Waals surface area contributed by atoms with E-state index >= 15 is 0 Å². The molecule has 0 aromatic heterocycles. The van der Waals surface area contributed by atoms with Crippen LogP contribution in [-0.2, 0) is 11.2 Å². The molecule has 2 aromatic rings. The molecule has 3 rings (SSSR count). The first kappa shape index (κ1) is 17.7. The van der Waals surface area contributed by atoms with Crippen molar-refractivity contribution >= 4 is 5.91 Å². The molecule has 1 atom stereocenters. The van der Waals surface area contributed by atoms with E-state index in [1.54, 1.807) is 0 Å². The van der Waals surface area contributed by atoms with Crippen LogP contribution in [0.25, 0.3) is 11.1 Å². The van der Waals surface area contributed by atoms with Crippen LogP contribution in [0.2, 0.25) is 0 Å². The van der Waals surface area contributed by atoms with Crippen LogP contribution in [0.5, 0.6) is 0 Å². The molecule has 3 heteroatoms. The Morgan fingerprint density at radius 1 is 1.08 bits per heavy atom. The molecular weight excluding hydrogens is 308 g/mol. The van der Waals surface area contributed by atoms with Crippen LogP contribution >= 0.6 is 0 Å². The summed E-state index contributed by atoms with van der Waals surface area (Å²) < 4.78 is 0. The van der Waals surface area contributed by atoms with Crippen molar-refractivity contribution in [1.82, 2.24) is 10.6 Å². The van der Waals surface area contributed by atoms with Gasteiger partial charge in [0.2, 0.25) is 5.91 Å². The van der Waals surface area contributed by atoms with Crippen molar-refractivity contribution in [2.45, 2.75) is 33.1 Å². The number of aryl methyl sites for hydroxylation is 1. The number of hydrogen-bond donors (Lipinski definition) is 2. The molecule has 1 saturated heterocycles. The van der Waals surface area contributed by atoms with Gasteiger partial charge < -0.3 is 10.6 Å². The zero-order valence-electron chi connectivity index (χ0n) is 15.3. The SMILES string of the molecule is CCNC(=O)[C@]1(Cc2ccc(-c3ccc(C)cc3)cc2)CCCNC1. The molecule has 0 aliphatic carbocycles. The molecule has 0 spiro atoms. The maximum atomic E-state index is 12.7. The molecule has 3 nitrogen and oxygen atoms in total. The van der Waals surface area contributed by atoms with Crippen LogP contribution < -0.4 is 10.6 Å². The van der Waals surface area contributed by atoms with Gasteiger partial charge >= 0.3 is 0 Å². The zero-order valence-corrected chi connectivity index (χ0v) is 15.3. The fourth-order valence-corrected chi connectivity index (χ4v) is 3.69. The van der Waals surface area contributed by atoms with E-state index in [4.69, 9.17) is 0 Å². The van der Waals surface area contributed by atoms with E-state index in [1.807, 2.05) is 6.92 Å². The Morgan fingerprint density at radius 2 is 1.72 bits per heavy atom. The summed E-state index contributed by atoms with van der Waals surface area (Å²) in [5, 5.41) is 6.46. The third-order valence-electron chi connectivity index (χ3n) is 5.17. The highest BCUT2D eigenvalue weighted by molar-refractivity contribution is 5.83. The molecule has 25 heavy (non-hydrogen) atoms. The first-order valence-electron chi connectivity index (χ1n) is 9.28. The Hall–Kier alpha value is -2.13. The summed E-state index contributed by atoms with van der Waals surface area (Å²) in [6.45, 7) is 6.54. The van der Waals surface area contributed by atoms with Crippen LogP contribution in [-0.4, -0.2) is 25.5 Å².